The van der Waals surface area contributed by atoms with E-state index in [2.05, 4.69) is 65.2 Å². The Kier molecular flexibility index (Phi) is 7.11. The molecule has 192 valence electrons. The van der Waals surface area contributed by atoms with Crippen molar-refractivity contribution in [1.29, 1.82) is 0 Å². The summed E-state index contributed by atoms with van der Waals surface area (Å²) in [7, 11) is 0. The van der Waals surface area contributed by atoms with Gasteiger partial charge in [-0.25, -0.2) is 8.97 Å². The lowest BCUT2D eigenvalue weighted by Gasteiger charge is -2.62. The molecular weight excluding hydrogens is 404 g/mol. The number of hydrogen-bond donors (Lipinski definition) is 0. The van der Waals surface area contributed by atoms with Crippen LogP contribution in [0.15, 0.2) is 0 Å². The van der Waals surface area contributed by atoms with Crippen molar-refractivity contribution in [1.82, 2.24) is 9.80 Å². The Labute approximate surface area is 206 Å². The monoisotopic (exact) mass is 462 g/mol. The highest BCUT2D eigenvalue weighted by Crippen LogP contribution is 2.61. The molecule has 0 amide bonds. The molecule has 0 radical (unpaired) electrons. The zero-order chi connectivity index (χ0) is 24.1. The third-order valence-corrected chi connectivity index (χ3v) is 11.1. The standard InChI is InChI=1S/C29H58N4/c1-9-17-25-24-32(19-13-14-20-32)29(31(25)28(7,8)12-4)30(27(5,6)11-3)23-26(18-10-2)33(29)21-15-16-22-33/h25-26H,9-24H2,1-8H3/q+2. The van der Waals surface area contributed by atoms with Crippen molar-refractivity contribution < 1.29 is 8.97 Å². The van der Waals surface area contributed by atoms with Crippen LogP contribution in [0.3, 0.4) is 0 Å². The van der Waals surface area contributed by atoms with Gasteiger partial charge >= 0.3 is 5.91 Å². The lowest BCUT2D eigenvalue weighted by Crippen LogP contribution is -2.86. The highest BCUT2D eigenvalue weighted by molar-refractivity contribution is 5.05. The third-order valence-electron chi connectivity index (χ3n) is 11.1. The first kappa shape index (κ1) is 25.9. The average Bonchev–Trinajstić information content (AvgIpc) is 3.55. The van der Waals surface area contributed by atoms with E-state index in [1.165, 1.54) is 112 Å². The van der Waals surface area contributed by atoms with Crippen molar-refractivity contribution in [3.8, 4) is 0 Å². The van der Waals surface area contributed by atoms with Crippen LogP contribution in [0.5, 0.6) is 0 Å². The summed E-state index contributed by atoms with van der Waals surface area (Å²) in [6.07, 6.45) is 13.6. The van der Waals surface area contributed by atoms with Gasteiger partial charge in [0.25, 0.3) is 0 Å². The van der Waals surface area contributed by atoms with Gasteiger partial charge in [-0.2, -0.15) is 9.80 Å². The van der Waals surface area contributed by atoms with Crippen LogP contribution < -0.4 is 0 Å². The van der Waals surface area contributed by atoms with Crippen LogP contribution in [0.25, 0.3) is 0 Å². The molecule has 3 unspecified atom stereocenters. The molecule has 0 aromatic carbocycles. The quantitative estimate of drug-likeness (QED) is 0.398. The molecule has 0 N–H and O–H groups in total. The molecule has 4 rings (SSSR count). The molecule has 3 atom stereocenters. The second-order valence-electron chi connectivity index (χ2n) is 13.5. The van der Waals surface area contributed by atoms with Gasteiger partial charge in [0.1, 0.15) is 12.6 Å². The fourth-order valence-corrected chi connectivity index (χ4v) is 9.21. The summed E-state index contributed by atoms with van der Waals surface area (Å²) >= 11 is 0. The second-order valence-corrected chi connectivity index (χ2v) is 13.5. The van der Waals surface area contributed by atoms with E-state index in [9.17, 15) is 0 Å². The van der Waals surface area contributed by atoms with E-state index >= 15 is 0 Å². The molecule has 0 saturated carbocycles. The average molecular weight is 463 g/mol. The Morgan fingerprint density at radius 2 is 1.30 bits per heavy atom. The molecule has 4 aliphatic rings. The molecule has 4 heteroatoms. The summed E-state index contributed by atoms with van der Waals surface area (Å²) in [5, 5.41) is 0. The van der Waals surface area contributed by atoms with Gasteiger partial charge in [0.05, 0.1) is 38.8 Å². The molecule has 4 heterocycles. The highest BCUT2D eigenvalue weighted by Gasteiger charge is 2.84. The summed E-state index contributed by atoms with van der Waals surface area (Å²) in [6.45, 7) is 28.5. The van der Waals surface area contributed by atoms with Gasteiger partial charge in [-0.15, -0.1) is 0 Å². The molecule has 3 spiro atoms. The molecule has 4 fully saturated rings. The minimum Gasteiger partial charge on any atom is -0.241 e. The molecule has 0 bridgehead atoms. The van der Waals surface area contributed by atoms with E-state index in [-0.39, 0.29) is 17.0 Å². The predicted octanol–water partition coefficient (Wildman–Crippen LogP) is 6.16. The van der Waals surface area contributed by atoms with Crippen molar-refractivity contribution in [3.05, 3.63) is 0 Å². The summed E-state index contributed by atoms with van der Waals surface area (Å²) < 4.78 is 2.78. The third kappa shape index (κ3) is 3.44. The molecule has 4 aliphatic heterocycles. The normalized spacial score (nSPS) is 34.5. The van der Waals surface area contributed by atoms with E-state index in [1.807, 2.05) is 0 Å². The van der Waals surface area contributed by atoms with Crippen LogP contribution in [-0.2, 0) is 0 Å². The Balaban J connectivity index is 2.05. The number of nitrogens with zero attached hydrogens (tertiary/aromatic N) is 4. The fraction of sp³-hybridized carbons (Fsp3) is 1.00. The van der Waals surface area contributed by atoms with Crippen molar-refractivity contribution in [2.75, 3.05) is 39.3 Å². The zero-order valence-electron chi connectivity index (χ0n) is 23.8. The maximum Gasteiger partial charge on any atom is 0.358 e. The van der Waals surface area contributed by atoms with Crippen molar-refractivity contribution in [2.45, 2.75) is 149 Å². The van der Waals surface area contributed by atoms with Gasteiger partial charge in [0, 0.05) is 43.2 Å². The lowest BCUT2D eigenvalue weighted by molar-refractivity contribution is -1.18. The van der Waals surface area contributed by atoms with Crippen molar-refractivity contribution in [2.24, 2.45) is 0 Å². The van der Waals surface area contributed by atoms with E-state index in [0.29, 0.717) is 6.04 Å². The summed E-state index contributed by atoms with van der Waals surface area (Å²) in [4.78, 5) is 6.40. The SMILES string of the molecule is CCCC1C[N+]2(CCCC2)C2(N(C(C)(C)CC)CC(CCC)[N+]23CCCC3)N1C(C)(C)CC. The Bertz CT molecular complexity index is 673. The van der Waals surface area contributed by atoms with Gasteiger partial charge in [-0.1, -0.05) is 40.5 Å². The number of hydrogen-bond acceptors (Lipinski definition) is 2. The summed E-state index contributed by atoms with van der Waals surface area (Å²) in [5.41, 5.74) is 0.453. The van der Waals surface area contributed by atoms with Crippen LogP contribution in [0.2, 0.25) is 0 Å². The minimum atomic E-state index is 0.131. The minimum absolute atomic E-state index is 0.131. The Morgan fingerprint density at radius 3 is 1.82 bits per heavy atom. The van der Waals surface area contributed by atoms with E-state index in [1.54, 1.807) is 0 Å². The lowest BCUT2D eigenvalue weighted by atomic mass is 9.93. The molecule has 0 aromatic rings. The van der Waals surface area contributed by atoms with Crippen LogP contribution in [-0.4, -0.2) is 87.1 Å². The summed E-state index contributed by atoms with van der Waals surface area (Å²) in [6, 6.07) is 1.52. The number of rotatable bonds is 8. The first-order valence-corrected chi connectivity index (χ1v) is 14.9. The summed E-state index contributed by atoms with van der Waals surface area (Å²) in [5.74, 6) is 0.131. The van der Waals surface area contributed by atoms with Crippen LogP contribution >= 0.6 is 0 Å². The first-order valence-electron chi connectivity index (χ1n) is 14.9. The van der Waals surface area contributed by atoms with Gasteiger partial charge < -0.3 is 0 Å². The topological polar surface area (TPSA) is 6.48 Å². The molecule has 0 aromatic heterocycles. The van der Waals surface area contributed by atoms with Gasteiger partial charge in [0.2, 0.25) is 0 Å². The Hall–Kier alpha value is -0.160. The fourth-order valence-electron chi connectivity index (χ4n) is 9.21. The number of quaternary nitrogens is 2. The van der Waals surface area contributed by atoms with Gasteiger partial charge in [-0.3, -0.25) is 0 Å². The van der Waals surface area contributed by atoms with E-state index in [0.717, 1.165) is 6.04 Å². The van der Waals surface area contributed by atoms with E-state index in [4.69, 9.17) is 0 Å². The molecule has 4 nitrogen and oxygen atoms in total. The van der Waals surface area contributed by atoms with Crippen molar-refractivity contribution in [3.63, 3.8) is 0 Å². The smallest absolute Gasteiger partial charge is 0.241 e. The van der Waals surface area contributed by atoms with Crippen LogP contribution in [0, 0.1) is 0 Å². The highest BCUT2D eigenvalue weighted by atomic mass is 15.9. The van der Waals surface area contributed by atoms with Crippen LogP contribution in [0.1, 0.15) is 120 Å². The van der Waals surface area contributed by atoms with Crippen molar-refractivity contribution >= 4 is 0 Å². The maximum atomic E-state index is 3.23. The molecule has 4 saturated heterocycles. The van der Waals surface area contributed by atoms with Gasteiger partial charge in [-0.05, 0) is 47.0 Å². The molecular formula is C29H58N4+2. The van der Waals surface area contributed by atoms with Crippen LogP contribution in [0.4, 0.5) is 0 Å². The maximum absolute atomic E-state index is 3.23. The number of fused-ring (bicyclic) bond motifs is 2. The second kappa shape index (κ2) is 9.05. The first-order chi connectivity index (χ1) is 15.6. The van der Waals surface area contributed by atoms with E-state index < -0.39 is 0 Å². The largest absolute Gasteiger partial charge is 0.358 e. The predicted molar refractivity (Wildman–Crippen MR) is 141 cm³/mol. The molecule has 33 heavy (non-hydrogen) atoms. The van der Waals surface area contributed by atoms with Gasteiger partial charge in [0.15, 0.2) is 0 Å². The molecule has 0 aliphatic carbocycles. The zero-order valence-corrected chi connectivity index (χ0v) is 23.8. The Morgan fingerprint density at radius 1 is 0.758 bits per heavy atom.